The Balaban J connectivity index is 1.65. The summed E-state index contributed by atoms with van der Waals surface area (Å²) in [5.74, 6) is -1.83. The molecule has 2 amide bonds. The molecule has 1 heterocycles. The van der Waals surface area contributed by atoms with Crippen molar-refractivity contribution in [1.29, 1.82) is 0 Å². The third-order valence-corrected chi connectivity index (χ3v) is 8.17. The van der Waals surface area contributed by atoms with Crippen LogP contribution in [0.15, 0.2) is 60.8 Å². The number of primary amides is 1. The van der Waals surface area contributed by atoms with E-state index in [2.05, 4.69) is 15.7 Å². The lowest BCUT2D eigenvalue weighted by Gasteiger charge is -2.38. The summed E-state index contributed by atoms with van der Waals surface area (Å²) in [4.78, 5) is 24.8. The molecule has 1 aromatic heterocycles. The van der Waals surface area contributed by atoms with Gasteiger partial charge in [0.2, 0.25) is 5.91 Å². The van der Waals surface area contributed by atoms with Crippen LogP contribution in [-0.4, -0.2) is 58.2 Å². The molecule has 1 unspecified atom stereocenters. The van der Waals surface area contributed by atoms with Gasteiger partial charge in [-0.2, -0.15) is 18.3 Å². The monoisotopic (exact) mass is 657 g/mol. The lowest BCUT2D eigenvalue weighted by Crippen LogP contribution is -2.53. The number of aryl methyl sites for hydroxylation is 1. The van der Waals surface area contributed by atoms with E-state index < -0.39 is 53.8 Å². The van der Waals surface area contributed by atoms with E-state index in [1.165, 1.54) is 37.9 Å². The molecule has 0 aliphatic rings. The zero-order valence-corrected chi connectivity index (χ0v) is 27.0. The first kappa shape index (κ1) is 35.2. The van der Waals surface area contributed by atoms with Crippen molar-refractivity contribution in [3.63, 3.8) is 0 Å². The lowest BCUT2D eigenvalue weighted by molar-refractivity contribution is -0.260. The number of carbonyl (C=O) groups excluding carboxylic acids is 2. The standard InChI is InChI=1S/C34H39F4N5O4/c1-19(2)29(30(39)44)42-31(45)21-8-7-9-23(14-21)43-27-13-20(3)12-26(24(27)16-41-43)40-18-33(46,34(36,37)38)17-32(4,5)25-15-22(35)10-11-28(25)47-6/h7-16,19,29,40,46H,17-18H2,1-6H3,(H2,39,44)(H,42,45)/t29-,33?/m1/s1. The van der Waals surface area contributed by atoms with Crippen molar-refractivity contribution < 1.29 is 37.0 Å². The second-order valence-electron chi connectivity index (χ2n) is 12.7. The van der Waals surface area contributed by atoms with E-state index in [0.717, 1.165) is 12.1 Å². The molecule has 4 aromatic rings. The van der Waals surface area contributed by atoms with Gasteiger partial charge in [-0.15, -0.1) is 0 Å². The Morgan fingerprint density at radius 2 is 1.79 bits per heavy atom. The largest absolute Gasteiger partial charge is 0.496 e. The number of hydrogen-bond donors (Lipinski definition) is 4. The zero-order chi connectivity index (χ0) is 34.9. The third-order valence-electron chi connectivity index (χ3n) is 8.17. The van der Waals surface area contributed by atoms with Crippen molar-refractivity contribution in [1.82, 2.24) is 15.1 Å². The molecule has 2 atom stereocenters. The average Bonchev–Trinajstić information content (AvgIpc) is 3.41. The van der Waals surface area contributed by atoms with Crippen molar-refractivity contribution in [2.24, 2.45) is 11.7 Å². The first-order chi connectivity index (χ1) is 21.9. The number of halogens is 4. The summed E-state index contributed by atoms with van der Waals surface area (Å²) in [6, 6.07) is 12.6. The second-order valence-corrected chi connectivity index (χ2v) is 12.7. The number of alkyl halides is 3. The maximum Gasteiger partial charge on any atom is 0.418 e. The zero-order valence-electron chi connectivity index (χ0n) is 27.0. The Bertz CT molecular complexity index is 1790. The number of ether oxygens (including phenoxy) is 1. The van der Waals surface area contributed by atoms with E-state index in [1.807, 2.05) is 0 Å². The predicted molar refractivity (Wildman–Crippen MR) is 171 cm³/mol. The van der Waals surface area contributed by atoms with E-state index in [0.29, 0.717) is 27.8 Å². The summed E-state index contributed by atoms with van der Waals surface area (Å²) in [6.45, 7) is 7.34. The minimum atomic E-state index is -5.05. The maximum absolute atomic E-state index is 14.5. The number of carbonyl (C=O) groups is 2. The van der Waals surface area contributed by atoms with Gasteiger partial charge < -0.3 is 26.2 Å². The van der Waals surface area contributed by atoms with E-state index in [9.17, 15) is 32.3 Å². The van der Waals surface area contributed by atoms with Gasteiger partial charge in [0.25, 0.3) is 5.91 Å². The highest BCUT2D eigenvalue weighted by molar-refractivity contribution is 5.98. The van der Waals surface area contributed by atoms with Crippen LogP contribution in [0.4, 0.5) is 23.2 Å². The van der Waals surface area contributed by atoms with Gasteiger partial charge in [0.15, 0.2) is 5.60 Å². The van der Waals surface area contributed by atoms with Crippen molar-refractivity contribution in [2.75, 3.05) is 19.0 Å². The van der Waals surface area contributed by atoms with Crippen LogP contribution < -0.4 is 21.1 Å². The van der Waals surface area contributed by atoms with Crippen LogP contribution in [0.2, 0.25) is 0 Å². The highest BCUT2D eigenvalue weighted by Crippen LogP contribution is 2.44. The molecule has 0 spiro atoms. The van der Waals surface area contributed by atoms with Crippen molar-refractivity contribution >= 4 is 28.4 Å². The Morgan fingerprint density at radius 1 is 1.09 bits per heavy atom. The van der Waals surface area contributed by atoms with Gasteiger partial charge in [-0.1, -0.05) is 33.8 Å². The van der Waals surface area contributed by atoms with Gasteiger partial charge in [0.1, 0.15) is 17.6 Å². The molecular weight excluding hydrogens is 618 g/mol. The van der Waals surface area contributed by atoms with Crippen molar-refractivity contribution in [2.45, 2.75) is 64.3 Å². The smallest absolute Gasteiger partial charge is 0.418 e. The molecule has 0 saturated carbocycles. The highest BCUT2D eigenvalue weighted by atomic mass is 19.4. The number of methoxy groups -OCH3 is 1. The number of fused-ring (bicyclic) bond motifs is 1. The molecule has 3 aromatic carbocycles. The molecule has 0 aliphatic heterocycles. The lowest BCUT2D eigenvalue weighted by atomic mass is 9.74. The van der Waals surface area contributed by atoms with Gasteiger partial charge in [-0.3, -0.25) is 9.59 Å². The van der Waals surface area contributed by atoms with Gasteiger partial charge in [-0.05, 0) is 78.8 Å². The number of nitrogens with one attached hydrogen (secondary N) is 2. The number of nitrogens with zero attached hydrogens (tertiary/aromatic N) is 2. The Labute approximate surface area is 270 Å². The van der Waals surface area contributed by atoms with E-state index in [1.54, 1.807) is 57.2 Å². The average molecular weight is 658 g/mol. The van der Waals surface area contributed by atoms with Crippen LogP contribution in [0.3, 0.4) is 0 Å². The summed E-state index contributed by atoms with van der Waals surface area (Å²) >= 11 is 0. The minimum absolute atomic E-state index is 0.187. The highest BCUT2D eigenvalue weighted by Gasteiger charge is 2.56. The van der Waals surface area contributed by atoms with Crippen molar-refractivity contribution in [3.8, 4) is 11.4 Å². The van der Waals surface area contributed by atoms with E-state index in [-0.39, 0.29) is 22.8 Å². The molecule has 252 valence electrons. The van der Waals surface area contributed by atoms with Gasteiger partial charge >= 0.3 is 6.18 Å². The fourth-order valence-electron chi connectivity index (χ4n) is 5.73. The number of nitrogens with two attached hydrogens (primary N) is 1. The third kappa shape index (κ3) is 7.51. The summed E-state index contributed by atoms with van der Waals surface area (Å²) < 4.78 is 64.5. The quantitative estimate of drug-likeness (QED) is 0.143. The number of aliphatic hydroxyl groups is 1. The first-order valence-corrected chi connectivity index (χ1v) is 14.9. The summed E-state index contributed by atoms with van der Waals surface area (Å²) in [6.07, 6.45) is -4.37. The van der Waals surface area contributed by atoms with Crippen LogP contribution in [-0.2, 0) is 10.2 Å². The van der Waals surface area contributed by atoms with Crippen LogP contribution >= 0.6 is 0 Å². The number of rotatable bonds is 12. The Hall–Kier alpha value is -4.65. The van der Waals surface area contributed by atoms with Crippen LogP contribution in [0.1, 0.15) is 55.6 Å². The number of amides is 2. The Kier molecular flexibility index (Phi) is 9.91. The van der Waals surface area contributed by atoms with E-state index >= 15 is 0 Å². The topological polar surface area (TPSA) is 132 Å². The minimum Gasteiger partial charge on any atom is -0.496 e. The van der Waals surface area contributed by atoms with Crippen LogP contribution in [0, 0.1) is 18.7 Å². The van der Waals surface area contributed by atoms with Crippen LogP contribution in [0.25, 0.3) is 16.6 Å². The first-order valence-electron chi connectivity index (χ1n) is 14.9. The molecule has 9 nitrogen and oxygen atoms in total. The normalized spacial score (nSPS) is 14.1. The molecule has 0 aliphatic carbocycles. The molecule has 47 heavy (non-hydrogen) atoms. The molecule has 4 rings (SSSR count). The van der Waals surface area contributed by atoms with Gasteiger partial charge in [-0.25, -0.2) is 9.07 Å². The maximum atomic E-state index is 14.5. The molecule has 13 heteroatoms. The summed E-state index contributed by atoms with van der Waals surface area (Å²) in [5, 5.41) is 21.5. The summed E-state index contributed by atoms with van der Waals surface area (Å²) in [5.41, 5.74) is 3.31. The number of aromatic nitrogens is 2. The van der Waals surface area contributed by atoms with Crippen LogP contribution in [0.5, 0.6) is 5.75 Å². The van der Waals surface area contributed by atoms with E-state index in [4.69, 9.17) is 10.5 Å². The predicted octanol–water partition coefficient (Wildman–Crippen LogP) is 5.79. The Morgan fingerprint density at radius 3 is 2.40 bits per heavy atom. The van der Waals surface area contributed by atoms with Gasteiger partial charge in [0, 0.05) is 22.2 Å². The number of hydrogen-bond acceptors (Lipinski definition) is 6. The molecular formula is C34H39F4N5O4. The molecule has 0 radical (unpaired) electrons. The molecule has 0 fully saturated rings. The SMILES string of the molecule is COc1ccc(F)cc1C(C)(C)CC(O)(CNc1cc(C)cc2c1cnn2-c1cccc(C(=O)N[C@@H](C(N)=O)C(C)C)c1)C(F)(F)F. The second kappa shape index (κ2) is 13.2. The summed E-state index contributed by atoms with van der Waals surface area (Å²) in [7, 11) is 1.34. The fraction of sp³-hybridized carbons (Fsp3) is 0.382. The van der Waals surface area contributed by atoms with Gasteiger partial charge in [0.05, 0.1) is 31.1 Å². The molecule has 0 bridgehead atoms. The van der Waals surface area contributed by atoms with Crippen molar-refractivity contribution in [3.05, 3.63) is 83.3 Å². The number of anilines is 1. The molecule has 0 saturated heterocycles. The fourth-order valence-corrected chi connectivity index (χ4v) is 5.73. The number of benzene rings is 3. The molecule has 5 N–H and O–H groups in total.